The summed E-state index contributed by atoms with van der Waals surface area (Å²) in [5, 5.41) is 12.8. The average molecular weight is 771 g/mol. The zero-order valence-corrected chi connectivity index (χ0v) is 33.0. The third kappa shape index (κ3) is 10.5. The minimum Gasteiger partial charge on any atom is -0.346 e. The molecule has 290 valence electrons. The van der Waals surface area contributed by atoms with Crippen molar-refractivity contribution >= 4 is 50.9 Å². The van der Waals surface area contributed by atoms with Gasteiger partial charge < -0.3 is 26.2 Å². The Kier molecular flexibility index (Phi) is 14.4. The highest BCUT2D eigenvalue weighted by atomic mass is 32.2. The second-order valence-corrected chi connectivity index (χ2v) is 18.1. The van der Waals surface area contributed by atoms with Crippen LogP contribution in [0.3, 0.4) is 0 Å². The minimum atomic E-state index is -3.79. The number of Topliss-reactive ketones (excluding diaryl/α,β-unsaturated/α-hetero) is 1. The number of nitrogens with one attached hydrogen (secondary N) is 4. The number of sulfonamides is 1. The summed E-state index contributed by atoms with van der Waals surface area (Å²) in [5.74, 6) is -2.82. The fourth-order valence-corrected chi connectivity index (χ4v) is 9.23. The van der Waals surface area contributed by atoms with Gasteiger partial charge in [0.1, 0.15) is 16.3 Å². The Morgan fingerprint density at radius 3 is 2.30 bits per heavy atom. The molecule has 4 rings (SSSR count). The first-order valence-electron chi connectivity index (χ1n) is 18.3. The lowest BCUT2D eigenvalue weighted by molar-refractivity contribution is -0.143. The number of nitrogens with zero attached hydrogens (tertiary/aromatic N) is 2. The van der Waals surface area contributed by atoms with Crippen LogP contribution in [0.2, 0.25) is 0 Å². The van der Waals surface area contributed by atoms with Crippen molar-refractivity contribution in [2.24, 2.45) is 11.3 Å². The van der Waals surface area contributed by atoms with Crippen LogP contribution in [-0.4, -0.2) is 98.0 Å². The quantitative estimate of drug-likeness (QED) is 0.141. The van der Waals surface area contributed by atoms with Gasteiger partial charge in [0.25, 0.3) is 15.9 Å². The second kappa shape index (κ2) is 18.3. The van der Waals surface area contributed by atoms with Gasteiger partial charge in [-0.15, -0.1) is 17.9 Å². The molecule has 1 fully saturated rings. The molecule has 1 aromatic carbocycles. The van der Waals surface area contributed by atoms with Gasteiger partial charge in [0, 0.05) is 32.7 Å². The van der Waals surface area contributed by atoms with E-state index in [9.17, 15) is 32.4 Å². The highest BCUT2D eigenvalue weighted by molar-refractivity contribution is 7.91. The topological polar surface area (TPSA) is 174 Å². The largest absolute Gasteiger partial charge is 0.346 e. The summed E-state index contributed by atoms with van der Waals surface area (Å²) in [6.45, 7) is 11.6. The molecule has 15 heteroatoms. The Morgan fingerprint density at radius 1 is 1.04 bits per heavy atom. The van der Waals surface area contributed by atoms with Crippen molar-refractivity contribution in [1.82, 2.24) is 30.5 Å². The van der Waals surface area contributed by atoms with Gasteiger partial charge in [0.05, 0.1) is 6.04 Å². The number of benzene rings is 1. The number of thiophene rings is 1. The third-order valence-corrected chi connectivity index (χ3v) is 13.2. The van der Waals surface area contributed by atoms with E-state index in [0.717, 1.165) is 28.9 Å². The number of hydrogen-bond acceptors (Lipinski definition) is 8. The molecule has 0 bridgehead atoms. The smallest absolute Gasteiger partial charge is 0.315 e. The normalized spacial score (nSPS) is 17.8. The molecule has 1 saturated heterocycles. The fraction of sp³-hybridized carbons (Fsp3) is 0.553. The Bertz CT molecular complexity index is 1720. The molecule has 5 amide bonds. The van der Waals surface area contributed by atoms with E-state index in [0.29, 0.717) is 32.1 Å². The molecular formula is C38H54N6O7S2. The van der Waals surface area contributed by atoms with E-state index in [-0.39, 0.29) is 36.2 Å². The minimum absolute atomic E-state index is 0.0114. The standard InChI is InChI=1S/C38H54N6O7S2/c1-7-9-16-28(33(45)35(47)39-19-8-2)40-34(46)29-17-12-20-44(29)36(48)32(27-22-25-14-10-11-15-26(25)23-27)42-37(49)41-30(38(3,4)5)24-43(6)53(50,51)31-18-13-21-52-31/h8,10-11,13-15,18,21,27-30,32H,2,7,9,12,16-17,19-20,22-24H2,1,3-6H3,(H,39,47)(H,40,46)(H2,41,42,49)/t28?,29-,30+,32-/m0/s1. The van der Waals surface area contributed by atoms with Crippen molar-refractivity contribution in [2.75, 3.05) is 26.7 Å². The molecule has 1 aliphatic carbocycles. The second-order valence-electron chi connectivity index (χ2n) is 14.9. The number of carbonyl (C=O) groups is 5. The molecule has 2 heterocycles. The number of hydrogen-bond donors (Lipinski definition) is 4. The molecule has 1 aliphatic heterocycles. The zero-order valence-electron chi connectivity index (χ0n) is 31.4. The summed E-state index contributed by atoms with van der Waals surface area (Å²) >= 11 is 1.12. The van der Waals surface area contributed by atoms with E-state index in [2.05, 4.69) is 27.8 Å². The summed E-state index contributed by atoms with van der Waals surface area (Å²) in [4.78, 5) is 69.2. The first kappa shape index (κ1) is 41.7. The van der Waals surface area contributed by atoms with Gasteiger partial charge in [-0.05, 0) is 66.0 Å². The van der Waals surface area contributed by atoms with E-state index < -0.39 is 69.1 Å². The summed E-state index contributed by atoms with van der Waals surface area (Å²) in [7, 11) is -2.31. The number of likely N-dealkylation sites (tertiary alicyclic amines) is 1. The van der Waals surface area contributed by atoms with E-state index in [1.54, 1.807) is 11.4 Å². The molecule has 0 spiro atoms. The first-order chi connectivity index (χ1) is 25.1. The van der Waals surface area contributed by atoms with Gasteiger partial charge in [-0.3, -0.25) is 19.2 Å². The maximum Gasteiger partial charge on any atom is 0.315 e. The molecule has 13 nitrogen and oxygen atoms in total. The Balaban J connectivity index is 1.55. The SMILES string of the molecule is C=CCNC(=O)C(=O)C(CCCC)NC(=O)[C@@H]1CCCN1C(=O)[C@@H](NC(=O)N[C@H](CN(C)S(=O)(=O)c1cccs1)C(C)(C)C)C1Cc2ccccc2C1. The number of urea groups is 1. The van der Waals surface area contributed by atoms with E-state index in [4.69, 9.17) is 0 Å². The number of unbranched alkanes of at least 4 members (excludes halogenated alkanes) is 1. The van der Waals surface area contributed by atoms with Crippen LogP contribution in [0.25, 0.3) is 0 Å². The summed E-state index contributed by atoms with van der Waals surface area (Å²) in [5.41, 5.74) is 1.59. The fourth-order valence-electron chi connectivity index (χ4n) is 6.84. The van der Waals surface area contributed by atoms with Crippen LogP contribution in [0, 0.1) is 11.3 Å². The van der Waals surface area contributed by atoms with Crippen molar-refractivity contribution in [3.63, 3.8) is 0 Å². The van der Waals surface area contributed by atoms with E-state index in [1.165, 1.54) is 28.4 Å². The lowest BCUT2D eigenvalue weighted by Gasteiger charge is -2.36. The maximum absolute atomic E-state index is 14.6. The lowest BCUT2D eigenvalue weighted by Crippen LogP contribution is -2.60. The molecule has 2 aromatic rings. The molecule has 1 unspecified atom stereocenters. The van der Waals surface area contributed by atoms with Gasteiger partial charge in [0.15, 0.2) is 0 Å². The van der Waals surface area contributed by atoms with Crippen molar-refractivity contribution in [3.8, 4) is 0 Å². The van der Waals surface area contributed by atoms with Gasteiger partial charge in [-0.2, -0.15) is 4.31 Å². The zero-order chi connectivity index (χ0) is 38.9. The van der Waals surface area contributed by atoms with Crippen LogP contribution in [0.4, 0.5) is 4.79 Å². The molecule has 1 aromatic heterocycles. The number of amides is 5. The molecule has 0 saturated carbocycles. The van der Waals surface area contributed by atoms with Crippen LogP contribution in [0.1, 0.15) is 70.9 Å². The summed E-state index contributed by atoms with van der Waals surface area (Å²) in [6.07, 6.45) is 5.05. The number of rotatable bonds is 17. The molecule has 4 atom stereocenters. The monoisotopic (exact) mass is 770 g/mol. The number of fused-ring (bicyclic) bond motifs is 1. The Morgan fingerprint density at radius 2 is 1.72 bits per heavy atom. The van der Waals surface area contributed by atoms with Crippen LogP contribution >= 0.6 is 11.3 Å². The average Bonchev–Trinajstić information content (AvgIpc) is 3.91. The Labute approximate surface area is 317 Å². The summed E-state index contributed by atoms with van der Waals surface area (Å²) < 4.78 is 27.9. The van der Waals surface area contributed by atoms with Gasteiger partial charge in [-0.25, -0.2) is 13.2 Å². The van der Waals surface area contributed by atoms with Crippen molar-refractivity contribution < 1.29 is 32.4 Å². The number of carbonyl (C=O) groups excluding carboxylic acids is 5. The predicted octanol–water partition coefficient (Wildman–Crippen LogP) is 3.40. The molecule has 2 aliphatic rings. The third-order valence-electron chi connectivity index (χ3n) is 10.0. The van der Waals surface area contributed by atoms with E-state index >= 15 is 0 Å². The van der Waals surface area contributed by atoms with Crippen LogP contribution < -0.4 is 21.3 Å². The Hall–Kier alpha value is -4.08. The summed E-state index contributed by atoms with van der Waals surface area (Å²) in [6, 6.07) is 6.85. The highest BCUT2D eigenvalue weighted by Crippen LogP contribution is 2.31. The van der Waals surface area contributed by atoms with Gasteiger partial charge in [0.2, 0.25) is 17.6 Å². The maximum atomic E-state index is 14.6. The van der Waals surface area contributed by atoms with Crippen LogP contribution in [-0.2, 0) is 42.0 Å². The van der Waals surface area contributed by atoms with E-state index in [1.807, 2.05) is 52.0 Å². The molecule has 53 heavy (non-hydrogen) atoms. The lowest BCUT2D eigenvalue weighted by atomic mass is 9.86. The van der Waals surface area contributed by atoms with Gasteiger partial charge in [-0.1, -0.05) is 76.9 Å². The van der Waals surface area contributed by atoms with Gasteiger partial charge >= 0.3 is 6.03 Å². The predicted molar refractivity (Wildman–Crippen MR) is 205 cm³/mol. The number of likely N-dealkylation sites (N-methyl/N-ethyl adjacent to an activating group) is 1. The molecule has 0 radical (unpaired) electrons. The molecule has 4 N–H and O–H groups in total. The number of ketones is 1. The van der Waals surface area contributed by atoms with Crippen LogP contribution in [0.5, 0.6) is 0 Å². The highest BCUT2D eigenvalue weighted by Gasteiger charge is 2.43. The van der Waals surface area contributed by atoms with Crippen LogP contribution in [0.15, 0.2) is 58.6 Å². The first-order valence-corrected chi connectivity index (χ1v) is 20.6. The van der Waals surface area contributed by atoms with Crippen molar-refractivity contribution in [1.29, 1.82) is 0 Å². The molecular weight excluding hydrogens is 717 g/mol. The van der Waals surface area contributed by atoms with Crippen molar-refractivity contribution in [3.05, 3.63) is 65.6 Å². The van der Waals surface area contributed by atoms with Crippen molar-refractivity contribution in [2.45, 2.75) is 101 Å².